The lowest BCUT2D eigenvalue weighted by molar-refractivity contribution is -0.133. The molecule has 1 N–H and O–H groups in total. The summed E-state index contributed by atoms with van der Waals surface area (Å²) in [7, 11) is 3.90. The van der Waals surface area contributed by atoms with Crippen LogP contribution in [0.25, 0.3) is 0 Å². The Balaban J connectivity index is 1.87. The second-order valence-corrected chi connectivity index (χ2v) is 6.00. The van der Waals surface area contributed by atoms with Crippen LogP contribution in [0, 0.1) is 11.3 Å². The quantitative estimate of drug-likeness (QED) is 0.783. The highest BCUT2D eigenvalue weighted by atomic mass is 16.5. The number of nitrogens with one attached hydrogen (secondary N) is 1. The van der Waals surface area contributed by atoms with Crippen LogP contribution < -0.4 is 5.32 Å². The zero-order chi connectivity index (χ0) is 11.8. The van der Waals surface area contributed by atoms with Crippen molar-refractivity contribution in [2.45, 2.75) is 38.8 Å². The lowest BCUT2D eigenvalue weighted by Gasteiger charge is -2.54. The van der Waals surface area contributed by atoms with E-state index in [1.54, 1.807) is 0 Å². The van der Waals surface area contributed by atoms with Gasteiger partial charge in [0.2, 0.25) is 0 Å². The van der Waals surface area contributed by atoms with Gasteiger partial charge in [0, 0.05) is 25.1 Å². The molecule has 0 aromatic rings. The Morgan fingerprint density at radius 1 is 1.44 bits per heavy atom. The predicted octanol–water partition coefficient (Wildman–Crippen LogP) is 1.34. The van der Waals surface area contributed by atoms with Gasteiger partial charge in [-0.25, -0.2) is 0 Å². The Morgan fingerprint density at radius 3 is 2.75 bits per heavy atom. The maximum atomic E-state index is 5.53. The van der Waals surface area contributed by atoms with E-state index in [0.717, 1.165) is 18.5 Å². The molecule has 0 bridgehead atoms. The number of hydrogen-bond acceptors (Lipinski definition) is 3. The summed E-state index contributed by atoms with van der Waals surface area (Å²) in [5, 5.41) is 3.29. The molecule has 1 saturated carbocycles. The fourth-order valence-corrected chi connectivity index (χ4v) is 3.48. The van der Waals surface area contributed by atoms with Crippen LogP contribution in [0.3, 0.4) is 0 Å². The molecule has 3 heteroatoms. The van der Waals surface area contributed by atoms with Crippen molar-refractivity contribution in [3.8, 4) is 0 Å². The van der Waals surface area contributed by atoms with Crippen LogP contribution >= 0.6 is 0 Å². The molecule has 3 nitrogen and oxygen atoms in total. The van der Waals surface area contributed by atoms with Crippen LogP contribution in [0.1, 0.15) is 26.7 Å². The number of ether oxygens (including phenoxy) is 1. The first kappa shape index (κ1) is 12.3. The molecular weight excluding hydrogens is 200 g/mol. The highest BCUT2D eigenvalue weighted by Gasteiger charge is 2.51. The maximum Gasteiger partial charge on any atom is 0.0652 e. The smallest absolute Gasteiger partial charge is 0.0652 e. The Kier molecular flexibility index (Phi) is 3.57. The minimum absolute atomic E-state index is 0.337. The fraction of sp³-hybridized carbons (Fsp3) is 1.00. The molecule has 1 aliphatic carbocycles. The SMILES string of the molecule is CNCC1CCN(C2CC(OC)C2(C)C)C1. The van der Waals surface area contributed by atoms with Crippen LogP contribution in [0.5, 0.6) is 0 Å². The molecule has 0 aromatic carbocycles. The molecule has 16 heavy (non-hydrogen) atoms. The van der Waals surface area contributed by atoms with Gasteiger partial charge in [-0.15, -0.1) is 0 Å². The lowest BCUT2D eigenvalue weighted by atomic mass is 9.64. The van der Waals surface area contributed by atoms with E-state index >= 15 is 0 Å². The van der Waals surface area contributed by atoms with Gasteiger partial charge in [-0.3, -0.25) is 4.90 Å². The molecule has 3 atom stereocenters. The third kappa shape index (κ3) is 2.01. The van der Waals surface area contributed by atoms with Gasteiger partial charge >= 0.3 is 0 Å². The highest BCUT2D eigenvalue weighted by Crippen LogP contribution is 2.46. The third-order valence-corrected chi connectivity index (χ3v) is 4.66. The van der Waals surface area contributed by atoms with Gasteiger partial charge in [0.05, 0.1) is 6.10 Å². The molecule has 1 saturated heterocycles. The minimum atomic E-state index is 0.337. The summed E-state index contributed by atoms with van der Waals surface area (Å²) < 4.78 is 5.53. The molecule has 0 aromatic heterocycles. The molecule has 3 unspecified atom stereocenters. The van der Waals surface area contributed by atoms with Crippen molar-refractivity contribution in [3.63, 3.8) is 0 Å². The van der Waals surface area contributed by atoms with Crippen LogP contribution in [0.2, 0.25) is 0 Å². The zero-order valence-electron chi connectivity index (χ0n) is 11.1. The fourth-order valence-electron chi connectivity index (χ4n) is 3.48. The topological polar surface area (TPSA) is 24.5 Å². The summed E-state index contributed by atoms with van der Waals surface area (Å²) in [6.45, 7) is 8.40. The van der Waals surface area contributed by atoms with Crippen molar-refractivity contribution >= 4 is 0 Å². The Hall–Kier alpha value is -0.120. The van der Waals surface area contributed by atoms with Crippen LogP contribution in [-0.2, 0) is 4.74 Å². The van der Waals surface area contributed by atoms with Crippen molar-refractivity contribution in [1.82, 2.24) is 10.2 Å². The van der Waals surface area contributed by atoms with Gasteiger partial charge in [-0.05, 0) is 38.9 Å². The normalized spacial score (nSPS) is 38.6. The Labute approximate surface area is 99.5 Å². The standard InChI is InChI=1S/C13H26N2O/c1-13(2)11(7-12(13)16-4)15-6-5-10(9-15)8-14-3/h10-12,14H,5-9H2,1-4H3. The second-order valence-electron chi connectivity index (χ2n) is 6.00. The van der Waals surface area contributed by atoms with Gasteiger partial charge in [0.15, 0.2) is 0 Å². The molecule has 2 aliphatic rings. The number of rotatable bonds is 4. The van der Waals surface area contributed by atoms with E-state index in [0.29, 0.717) is 11.5 Å². The third-order valence-electron chi connectivity index (χ3n) is 4.66. The second kappa shape index (κ2) is 4.63. The monoisotopic (exact) mass is 226 g/mol. The first-order chi connectivity index (χ1) is 7.59. The van der Waals surface area contributed by atoms with E-state index in [2.05, 4.69) is 31.1 Å². The molecule has 2 fully saturated rings. The van der Waals surface area contributed by atoms with E-state index in [4.69, 9.17) is 4.74 Å². The van der Waals surface area contributed by atoms with E-state index in [1.807, 2.05) is 7.11 Å². The Morgan fingerprint density at radius 2 is 2.19 bits per heavy atom. The average Bonchev–Trinajstić information content (AvgIpc) is 2.66. The van der Waals surface area contributed by atoms with Crippen molar-refractivity contribution < 1.29 is 4.74 Å². The van der Waals surface area contributed by atoms with E-state index < -0.39 is 0 Å². The van der Waals surface area contributed by atoms with E-state index in [9.17, 15) is 0 Å². The van der Waals surface area contributed by atoms with Gasteiger partial charge in [0.25, 0.3) is 0 Å². The minimum Gasteiger partial charge on any atom is -0.381 e. The summed E-state index contributed by atoms with van der Waals surface area (Å²) >= 11 is 0. The van der Waals surface area contributed by atoms with Gasteiger partial charge in [-0.2, -0.15) is 0 Å². The van der Waals surface area contributed by atoms with Crippen LogP contribution in [-0.4, -0.2) is 50.8 Å². The Bertz CT molecular complexity index is 242. The van der Waals surface area contributed by atoms with E-state index in [-0.39, 0.29) is 0 Å². The maximum absolute atomic E-state index is 5.53. The summed E-state index contributed by atoms with van der Waals surface area (Å²) in [4.78, 5) is 2.68. The molecular formula is C13H26N2O. The summed E-state index contributed by atoms with van der Waals surface area (Å²) in [6, 6.07) is 0.735. The first-order valence-corrected chi connectivity index (χ1v) is 6.51. The molecule has 0 radical (unpaired) electrons. The molecule has 2 rings (SSSR count). The van der Waals surface area contributed by atoms with Crippen molar-refractivity contribution in [2.24, 2.45) is 11.3 Å². The van der Waals surface area contributed by atoms with Crippen molar-refractivity contribution in [3.05, 3.63) is 0 Å². The number of hydrogen-bond donors (Lipinski definition) is 1. The van der Waals surface area contributed by atoms with E-state index in [1.165, 1.54) is 25.9 Å². The molecule has 0 amide bonds. The molecule has 1 aliphatic heterocycles. The van der Waals surface area contributed by atoms with Crippen molar-refractivity contribution in [2.75, 3.05) is 33.8 Å². The van der Waals surface area contributed by atoms with Gasteiger partial charge in [-0.1, -0.05) is 13.8 Å². The average molecular weight is 226 g/mol. The lowest BCUT2D eigenvalue weighted by Crippen LogP contribution is -2.61. The number of likely N-dealkylation sites (tertiary alicyclic amines) is 1. The van der Waals surface area contributed by atoms with Crippen molar-refractivity contribution in [1.29, 1.82) is 0 Å². The number of methoxy groups -OCH3 is 1. The summed E-state index contributed by atoms with van der Waals surface area (Å²) in [5.41, 5.74) is 0.337. The van der Waals surface area contributed by atoms with Crippen LogP contribution in [0.4, 0.5) is 0 Å². The highest BCUT2D eigenvalue weighted by molar-refractivity contribution is 5.05. The van der Waals surface area contributed by atoms with Crippen LogP contribution in [0.15, 0.2) is 0 Å². The number of nitrogens with zero attached hydrogens (tertiary/aromatic N) is 1. The summed E-state index contributed by atoms with van der Waals surface area (Å²) in [5.74, 6) is 0.849. The van der Waals surface area contributed by atoms with Gasteiger partial charge in [0.1, 0.15) is 0 Å². The predicted molar refractivity (Wildman–Crippen MR) is 66.6 cm³/mol. The molecule has 0 spiro atoms. The largest absolute Gasteiger partial charge is 0.381 e. The van der Waals surface area contributed by atoms with Gasteiger partial charge < -0.3 is 10.1 Å². The first-order valence-electron chi connectivity index (χ1n) is 6.51. The molecule has 1 heterocycles. The summed E-state index contributed by atoms with van der Waals surface area (Å²) in [6.07, 6.45) is 3.03. The molecule has 94 valence electrons. The zero-order valence-corrected chi connectivity index (χ0v) is 11.1.